The van der Waals surface area contributed by atoms with Crippen LogP contribution in [-0.2, 0) is 0 Å². The Balaban J connectivity index is 2.04. The van der Waals surface area contributed by atoms with Gasteiger partial charge < -0.3 is 9.15 Å². The fraction of sp³-hybridized carbons (Fsp3) is 0.0714. The number of aromatic nitrogens is 3. The number of methoxy groups -OCH3 is 1. The van der Waals surface area contributed by atoms with E-state index in [1.807, 2.05) is 6.07 Å². The molecule has 0 aliphatic heterocycles. The summed E-state index contributed by atoms with van der Waals surface area (Å²) in [7, 11) is 1.57. The molecule has 1 aromatic carbocycles. The first-order valence-corrected chi connectivity index (χ1v) is 6.23. The van der Waals surface area contributed by atoms with Crippen LogP contribution in [0.2, 0.25) is 5.02 Å². The summed E-state index contributed by atoms with van der Waals surface area (Å²) >= 11 is 5.99. The van der Waals surface area contributed by atoms with Crippen LogP contribution in [0.5, 0.6) is 5.75 Å². The molecule has 3 aromatic rings. The second kappa shape index (κ2) is 5.30. The van der Waals surface area contributed by atoms with Crippen molar-refractivity contribution in [2.45, 2.75) is 0 Å². The van der Waals surface area contributed by atoms with Crippen molar-refractivity contribution < 1.29 is 9.15 Å². The fourth-order valence-corrected chi connectivity index (χ4v) is 1.96. The van der Waals surface area contributed by atoms with E-state index in [9.17, 15) is 0 Å². The number of benzene rings is 1. The summed E-state index contributed by atoms with van der Waals surface area (Å²) < 4.78 is 10.9. The zero-order chi connectivity index (χ0) is 13.9. The van der Waals surface area contributed by atoms with Crippen LogP contribution in [0.25, 0.3) is 22.9 Å². The molecule has 20 heavy (non-hydrogen) atoms. The number of pyridine rings is 1. The molecular formula is C14H10ClN3O2. The first-order valence-electron chi connectivity index (χ1n) is 5.86. The van der Waals surface area contributed by atoms with E-state index in [0.717, 1.165) is 5.56 Å². The number of rotatable bonds is 3. The monoisotopic (exact) mass is 287 g/mol. The highest BCUT2D eigenvalue weighted by Gasteiger charge is 2.15. The van der Waals surface area contributed by atoms with Crippen molar-refractivity contribution in [1.29, 1.82) is 0 Å². The van der Waals surface area contributed by atoms with Crippen LogP contribution < -0.4 is 4.74 Å². The van der Waals surface area contributed by atoms with E-state index in [2.05, 4.69) is 15.2 Å². The van der Waals surface area contributed by atoms with Gasteiger partial charge in [-0.1, -0.05) is 11.6 Å². The van der Waals surface area contributed by atoms with Gasteiger partial charge >= 0.3 is 0 Å². The Hall–Kier alpha value is -2.40. The van der Waals surface area contributed by atoms with Gasteiger partial charge in [0.2, 0.25) is 5.89 Å². The molecule has 0 saturated heterocycles. The Morgan fingerprint density at radius 3 is 2.75 bits per heavy atom. The van der Waals surface area contributed by atoms with Crippen molar-refractivity contribution >= 4 is 11.6 Å². The van der Waals surface area contributed by atoms with Crippen molar-refractivity contribution in [3.63, 3.8) is 0 Å². The van der Waals surface area contributed by atoms with E-state index in [1.54, 1.807) is 43.8 Å². The summed E-state index contributed by atoms with van der Waals surface area (Å²) in [5.41, 5.74) is 1.41. The molecule has 2 aromatic heterocycles. The van der Waals surface area contributed by atoms with Crippen LogP contribution in [-0.4, -0.2) is 22.3 Å². The molecule has 0 aliphatic rings. The molecule has 0 atom stereocenters. The first-order chi connectivity index (χ1) is 9.78. The third-order valence-electron chi connectivity index (χ3n) is 2.73. The van der Waals surface area contributed by atoms with Crippen molar-refractivity contribution in [3.8, 4) is 28.7 Å². The van der Waals surface area contributed by atoms with E-state index in [0.29, 0.717) is 28.1 Å². The normalized spacial score (nSPS) is 10.5. The van der Waals surface area contributed by atoms with Gasteiger partial charge in [0.05, 0.1) is 18.2 Å². The zero-order valence-corrected chi connectivity index (χ0v) is 11.3. The Morgan fingerprint density at radius 1 is 1.15 bits per heavy atom. The second-order valence-corrected chi connectivity index (χ2v) is 4.44. The molecule has 5 nitrogen and oxygen atoms in total. The highest BCUT2D eigenvalue weighted by atomic mass is 35.5. The van der Waals surface area contributed by atoms with Gasteiger partial charge in [0.25, 0.3) is 5.89 Å². The minimum atomic E-state index is 0.350. The Kier molecular flexibility index (Phi) is 3.35. The van der Waals surface area contributed by atoms with Gasteiger partial charge in [0, 0.05) is 17.4 Å². The van der Waals surface area contributed by atoms with Gasteiger partial charge in [0.1, 0.15) is 5.75 Å². The summed E-state index contributed by atoms with van der Waals surface area (Å²) in [4.78, 5) is 4.02. The van der Waals surface area contributed by atoms with Crippen molar-refractivity contribution in [1.82, 2.24) is 15.2 Å². The van der Waals surface area contributed by atoms with Gasteiger partial charge in [-0.2, -0.15) is 0 Å². The fourth-order valence-electron chi connectivity index (χ4n) is 1.79. The molecule has 0 fully saturated rings. The number of halogens is 1. The maximum atomic E-state index is 5.99. The number of hydrogen-bond acceptors (Lipinski definition) is 5. The molecule has 0 saturated carbocycles. The number of ether oxygens (including phenoxy) is 1. The van der Waals surface area contributed by atoms with E-state index in [1.165, 1.54) is 0 Å². The standard InChI is InChI=1S/C14H10ClN3O2/c1-19-12-5-4-10(15)7-11(12)14-18-17-13(20-14)9-3-2-6-16-8-9/h2-8H,1H3. The predicted octanol–water partition coefficient (Wildman–Crippen LogP) is 3.46. The average molecular weight is 288 g/mol. The zero-order valence-electron chi connectivity index (χ0n) is 10.6. The SMILES string of the molecule is COc1ccc(Cl)cc1-c1nnc(-c2cccnc2)o1. The largest absolute Gasteiger partial charge is 0.496 e. The lowest BCUT2D eigenvalue weighted by Gasteiger charge is -2.04. The molecule has 3 rings (SSSR count). The maximum Gasteiger partial charge on any atom is 0.251 e. The van der Waals surface area contributed by atoms with E-state index in [4.69, 9.17) is 20.8 Å². The molecule has 0 radical (unpaired) electrons. The lowest BCUT2D eigenvalue weighted by Crippen LogP contribution is -1.87. The predicted molar refractivity (Wildman–Crippen MR) is 74.5 cm³/mol. The van der Waals surface area contributed by atoms with Crippen LogP contribution in [0.15, 0.2) is 47.1 Å². The molecule has 0 spiro atoms. The minimum Gasteiger partial charge on any atom is -0.496 e. The Bertz CT molecular complexity index is 728. The molecule has 0 amide bonds. The summed E-state index contributed by atoms with van der Waals surface area (Å²) in [6.07, 6.45) is 3.34. The summed E-state index contributed by atoms with van der Waals surface area (Å²) in [5.74, 6) is 1.37. The van der Waals surface area contributed by atoms with E-state index < -0.39 is 0 Å². The van der Waals surface area contributed by atoms with Gasteiger partial charge in [-0.05, 0) is 30.3 Å². The maximum absolute atomic E-state index is 5.99. The topological polar surface area (TPSA) is 61.0 Å². The van der Waals surface area contributed by atoms with Crippen LogP contribution in [0.1, 0.15) is 0 Å². The van der Waals surface area contributed by atoms with Crippen molar-refractivity contribution in [2.75, 3.05) is 7.11 Å². The van der Waals surface area contributed by atoms with Gasteiger partial charge in [-0.3, -0.25) is 4.98 Å². The number of nitrogens with zero attached hydrogens (tertiary/aromatic N) is 3. The molecule has 0 N–H and O–H groups in total. The molecule has 2 heterocycles. The average Bonchev–Trinajstić information content (AvgIpc) is 2.98. The highest BCUT2D eigenvalue weighted by Crippen LogP contribution is 2.32. The third kappa shape index (κ3) is 2.35. The number of hydrogen-bond donors (Lipinski definition) is 0. The first kappa shape index (κ1) is 12.6. The molecule has 6 heteroatoms. The smallest absolute Gasteiger partial charge is 0.251 e. The van der Waals surface area contributed by atoms with Crippen LogP contribution in [0.4, 0.5) is 0 Å². The van der Waals surface area contributed by atoms with Crippen molar-refractivity contribution in [2.24, 2.45) is 0 Å². The molecule has 0 bridgehead atoms. The lowest BCUT2D eigenvalue weighted by atomic mass is 10.2. The quantitative estimate of drug-likeness (QED) is 0.738. The summed E-state index contributed by atoms with van der Waals surface area (Å²) in [6.45, 7) is 0. The molecular weight excluding hydrogens is 278 g/mol. The Morgan fingerprint density at radius 2 is 2.00 bits per heavy atom. The third-order valence-corrected chi connectivity index (χ3v) is 2.96. The summed E-state index contributed by atoms with van der Waals surface area (Å²) in [6, 6.07) is 8.87. The molecule has 0 aliphatic carbocycles. The van der Waals surface area contributed by atoms with Crippen LogP contribution >= 0.6 is 11.6 Å². The van der Waals surface area contributed by atoms with Gasteiger partial charge in [-0.15, -0.1) is 10.2 Å². The van der Waals surface area contributed by atoms with Gasteiger partial charge in [-0.25, -0.2) is 0 Å². The lowest BCUT2D eigenvalue weighted by molar-refractivity contribution is 0.414. The van der Waals surface area contributed by atoms with Gasteiger partial charge in [0.15, 0.2) is 0 Å². The highest BCUT2D eigenvalue weighted by molar-refractivity contribution is 6.30. The van der Waals surface area contributed by atoms with Crippen LogP contribution in [0.3, 0.4) is 0 Å². The summed E-state index contributed by atoms with van der Waals surface area (Å²) in [5, 5.41) is 8.61. The minimum absolute atomic E-state index is 0.350. The Labute approximate surface area is 120 Å². The second-order valence-electron chi connectivity index (χ2n) is 4.00. The molecule has 100 valence electrons. The van der Waals surface area contributed by atoms with E-state index in [-0.39, 0.29) is 0 Å². The van der Waals surface area contributed by atoms with Crippen molar-refractivity contribution in [3.05, 3.63) is 47.7 Å². The van der Waals surface area contributed by atoms with Crippen LogP contribution in [0, 0.1) is 0 Å². The molecule has 0 unspecified atom stereocenters. The van der Waals surface area contributed by atoms with E-state index >= 15 is 0 Å².